The zero-order chi connectivity index (χ0) is 25.3. The number of imidazole rings is 1. The Bertz CT molecular complexity index is 579. The fraction of sp³-hybridized carbons (Fsp3) is 0.889. The van der Waals surface area contributed by atoms with E-state index < -0.39 is 7.82 Å². The zero-order valence-corrected chi connectivity index (χ0v) is 23.7. The van der Waals surface area contributed by atoms with E-state index in [-0.39, 0.29) is 13.2 Å². The van der Waals surface area contributed by atoms with Gasteiger partial charge in [0.1, 0.15) is 12.4 Å². The molecule has 1 aromatic rings. The van der Waals surface area contributed by atoms with Gasteiger partial charge in [-0.05, 0) is 38.5 Å². The summed E-state index contributed by atoms with van der Waals surface area (Å²) in [6, 6.07) is 0. The van der Waals surface area contributed by atoms with Gasteiger partial charge in [0, 0.05) is 0 Å². The lowest BCUT2D eigenvalue weighted by Crippen LogP contribution is -2.30. The van der Waals surface area contributed by atoms with Crippen LogP contribution in [0.1, 0.15) is 130 Å². The summed E-state index contributed by atoms with van der Waals surface area (Å²) in [6.07, 6.45) is 26.0. The SMILES string of the molecule is CCCCCCCCCn1cc[n+](CCCCC)c1.CCCCCOP(=O)([O-])OCCCCC. The highest BCUT2D eigenvalue weighted by Gasteiger charge is 2.08. The first-order valence-electron chi connectivity index (χ1n) is 14.1. The molecule has 0 bridgehead atoms. The lowest BCUT2D eigenvalue weighted by Gasteiger charge is -2.22. The topological polar surface area (TPSA) is 67.4 Å². The molecular weight excluding hydrogens is 447 g/mol. The first kappa shape index (κ1) is 33.3. The zero-order valence-electron chi connectivity index (χ0n) is 22.8. The van der Waals surface area contributed by atoms with E-state index in [9.17, 15) is 9.46 Å². The van der Waals surface area contributed by atoms with E-state index in [0.29, 0.717) is 0 Å². The largest absolute Gasteiger partial charge is 0.756 e. The summed E-state index contributed by atoms with van der Waals surface area (Å²) in [5.74, 6) is 0. The second kappa shape index (κ2) is 24.0. The molecule has 202 valence electrons. The maximum absolute atomic E-state index is 11.1. The quantitative estimate of drug-likeness (QED) is 0.0931. The standard InChI is InChI=1S/C17H33N2.C10H23O4P/c1-3-5-7-8-9-10-12-14-19-16-15-18(17-19)13-11-6-4-2;1-3-5-7-9-13-15(11,12)14-10-8-6-4-2/h15-17H,3-14H2,1-2H3;3-10H2,1-2H3,(H,11,12)/q+1;/p-1. The third-order valence-corrected chi connectivity index (χ3v) is 6.78. The van der Waals surface area contributed by atoms with Crippen molar-refractivity contribution in [2.24, 2.45) is 0 Å². The predicted molar refractivity (Wildman–Crippen MR) is 141 cm³/mol. The van der Waals surface area contributed by atoms with Crippen LogP contribution >= 0.6 is 7.82 Å². The van der Waals surface area contributed by atoms with Gasteiger partial charge in [0.05, 0.1) is 26.3 Å². The van der Waals surface area contributed by atoms with Crippen LogP contribution in [-0.4, -0.2) is 17.8 Å². The van der Waals surface area contributed by atoms with E-state index in [1.165, 1.54) is 77.3 Å². The van der Waals surface area contributed by atoms with Gasteiger partial charge in [0.25, 0.3) is 7.82 Å². The normalized spacial score (nSPS) is 11.4. The van der Waals surface area contributed by atoms with Crippen molar-refractivity contribution in [2.45, 2.75) is 144 Å². The highest BCUT2D eigenvalue weighted by atomic mass is 31.2. The Hall–Kier alpha value is -0.680. The number of phosphoric acid groups is 1. The second-order valence-electron chi connectivity index (χ2n) is 9.25. The molecule has 7 heteroatoms. The summed E-state index contributed by atoms with van der Waals surface area (Å²) in [5, 5.41) is 0. The Morgan fingerprint density at radius 2 is 1.18 bits per heavy atom. The molecular formula is C27H55N2O4P. The number of phosphoric ester groups is 1. The molecule has 0 radical (unpaired) electrons. The van der Waals surface area contributed by atoms with Crippen molar-refractivity contribution in [1.29, 1.82) is 0 Å². The summed E-state index contributed by atoms with van der Waals surface area (Å²) >= 11 is 0. The van der Waals surface area contributed by atoms with Gasteiger partial charge in [-0.15, -0.1) is 0 Å². The molecule has 6 nitrogen and oxygen atoms in total. The van der Waals surface area contributed by atoms with Crippen molar-refractivity contribution in [1.82, 2.24) is 4.57 Å². The van der Waals surface area contributed by atoms with Crippen LogP contribution in [-0.2, 0) is 26.7 Å². The third kappa shape index (κ3) is 21.8. The molecule has 0 atom stereocenters. The number of hydrogen-bond donors (Lipinski definition) is 0. The van der Waals surface area contributed by atoms with Gasteiger partial charge in [0.2, 0.25) is 6.33 Å². The van der Waals surface area contributed by atoms with Crippen LogP contribution in [0, 0.1) is 0 Å². The maximum Gasteiger partial charge on any atom is 0.267 e. The van der Waals surface area contributed by atoms with E-state index >= 15 is 0 Å². The average Bonchev–Trinajstić information content (AvgIpc) is 3.27. The van der Waals surface area contributed by atoms with Crippen molar-refractivity contribution in [3.8, 4) is 0 Å². The number of unbranched alkanes of at least 4 members (excludes halogenated alkanes) is 12. The van der Waals surface area contributed by atoms with Gasteiger partial charge in [-0.2, -0.15) is 0 Å². The molecule has 0 aliphatic carbocycles. The van der Waals surface area contributed by atoms with E-state index in [4.69, 9.17) is 0 Å². The summed E-state index contributed by atoms with van der Waals surface area (Å²) in [6.45, 7) is 11.5. The fourth-order valence-electron chi connectivity index (χ4n) is 3.59. The van der Waals surface area contributed by atoms with E-state index in [2.05, 4.69) is 64.6 Å². The predicted octanol–water partition coefficient (Wildman–Crippen LogP) is 7.58. The van der Waals surface area contributed by atoms with Crippen molar-refractivity contribution >= 4 is 7.82 Å². The summed E-state index contributed by atoms with van der Waals surface area (Å²) in [4.78, 5) is 11.1. The molecule has 0 fully saturated rings. The molecule has 0 aliphatic heterocycles. The molecule has 0 saturated carbocycles. The van der Waals surface area contributed by atoms with Crippen LogP contribution in [0.15, 0.2) is 18.7 Å². The first-order valence-corrected chi connectivity index (χ1v) is 15.6. The van der Waals surface area contributed by atoms with Crippen LogP contribution in [0.4, 0.5) is 0 Å². The minimum atomic E-state index is -4.02. The highest BCUT2D eigenvalue weighted by molar-refractivity contribution is 7.45. The van der Waals surface area contributed by atoms with Gasteiger partial charge in [-0.25, -0.2) is 9.13 Å². The van der Waals surface area contributed by atoms with Gasteiger partial charge >= 0.3 is 0 Å². The van der Waals surface area contributed by atoms with E-state index in [1.54, 1.807) is 0 Å². The lowest BCUT2D eigenvalue weighted by atomic mass is 10.1. The molecule has 1 aromatic heterocycles. The monoisotopic (exact) mass is 502 g/mol. The number of hydrogen-bond acceptors (Lipinski definition) is 4. The number of aryl methyl sites for hydroxylation is 2. The third-order valence-electron chi connectivity index (χ3n) is 5.78. The fourth-order valence-corrected chi connectivity index (χ4v) is 4.37. The Morgan fingerprint density at radius 1 is 0.706 bits per heavy atom. The minimum Gasteiger partial charge on any atom is -0.756 e. The molecule has 0 saturated heterocycles. The average molecular weight is 503 g/mol. The van der Waals surface area contributed by atoms with Gasteiger partial charge in [0.15, 0.2) is 0 Å². The Morgan fingerprint density at radius 3 is 1.74 bits per heavy atom. The molecule has 34 heavy (non-hydrogen) atoms. The molecule has 0 N–H and O–H groups in total. The maximum atomic E-state index is 11.1. The van der Waals surface area contributed by atoms with Crippen LogP contribution in [0.25, 0.3) is 0 Å². The number of rotatable bonds is 22. The molecule has 1 rings (SSSR count). The molecule has 1 heterocycles. The molecule has 0 amide bonds. The van der Waals surface area contributed by atoms with Crippen LogP contribution in [0.2, 0.25) is 0 Å². The Labute approximate surface area is 211 Å². The van der Waals surface area contributed by atoms with Crippen molar-refractivity contribution in [2.75, 3.05) is 13.2 Å². The lowest BCUT2D eigenvalue weighted by molar-refractivity contribution is -0.696. The molecule has 0 aliphatic rings. The Balaban J connectivity index is 0.000000661. The van der Waals surface area contributed by atoms with Gasteiger partial charge < -0.3 is 13.9 Å². The van der Waals surface area contributed by atoms with Crippen LogP contribution in [0.3, 0.4) is 0 Å². The summed E-state index contributed by atoms with van der Waals surface area (Å²) in [5.41, 5.74) is 0. The van der Waals surface area contributed by atoms with E-state index in [1.807, 2.05) is 0 Å². The number of nitrogens with zero attached hydrogens (tertiary/aromatic N) is 2. The van der Waals surface area contributed by atoms with Crippen molar-refractivity contribution in [3.63, 3.8) is 0 Å². The highest BCUT2D eigenvalue weighted by Crippen LogP contribution is 2.38. The molecule has 0 aromatic carbocycles. The number of aromatic nitrogens is 2. The first-order chi connectivity index (χ1) is 16.5. The van der Waals surface area contributed by atoms with Crippen molar-refractivity contribution in [3.05, 3.63) is 18.7 Å². The molecule has 0 unspecified atom stereocenters. The van der Waals surface area contributed by atoms with Gasteiger partial charge in [-0.3, -0.25) is 4.57 Å². The van der Waals surface area contributed by atoms with Crippen molar-refractivity contribution < 1.29 is 23.1 Å². The summed E-state index contributed by atoms with van der Waals surface area (Å²) < 4.78 is 25.2. The Kier molecular flexibility index (Phi) is 23.6. The van der Waals surface area contributed by atoms with Crippen LogP contribution < -0.4 is 9.46 Å². The summed E-state index contributed by atoms with van der Waals surface area (Å²) in [7, 11) is -4.02. The van der Waals surface area contributed by atoms with E-state index in [0.717, 1.165) is 38.5 Å². The second-order valence-corrected chi connectivity index (χ2v) is 10.7. The minimum absolute atomic E-state index is 0.238. The van der Waals surface area contributed by atoms with Crippen LogP contribution in [0.5, 0.6) is 0 Å². The molecule has 0 spiro atoms. The smallest absolute Gasteiger partial charge is 0.267 e. The van der Waals surface area contributed by atoms with Gasteiger partial charge in [-0.1, -0.05) is 91.9 Å².